The first kappa shape index (κ1) is 12.5. The van der Waals surface area contributed by atoms with E-state index in [2.05, 4.69) is 24.1 Å². The van der Waals surface area contributed by atoms with Crippen molar-refractivity contribution in [2.75, 3.05) is 26.7 Å². The average molecular weight is 214 g/mol. The van der Waals surface area contributed by atoms with Gasteiger partial charge in [0.05, 0.1) is 0 Å². The molecule has 0 aromatic carbocycles. The van der Waals surface area contributed by atoms with Gasteiger partial charge >= 0.3 is 5.97 Å². The Kier molecular flexibility index (Phi) is 4.54. The number of piperidine rings is 1. The van der Waals surface area contributed by atoms with Gasteiger partial charge in [-0.25, -0.2) is 0 Å². The predicted octanol–water partition coefficient (Wildman–Crippen LogP) is 0.637. The van der Waals surface area contributed by atoms with Gasteiger partial charge in [-0.1, -0.05) is 13.8 Å². The Morgan fingerprint density at radius 2 is 2.00 bits per heavy atom. The fourth-order valence-corrected chi connectivity index (χ4v) is 2.49. The molecule has 88 valence electrons. The molecule has 0 radical (unpaired) electrons. The molecule has 0 amide bonds. The quantitative estimate of drug-likeness (QED) is 0.721. The summed E-state index contributed by atoms with van der Waals surface area (Å²) in [6.45, 7) is 7.13. The summed E-state index contributed by atoms with van der Waals surface area (Å²) in [6, 6.07) is -0.442. The van der Waals surface area contributed by atoms with Crippen molar-refractivity contribution < 1.29 is 9.90 Å². The van der Waals surface area contributed by atoms with Gasteiger partial charge in [-0.05, 0) is 25.3 Å². The van der Waals surface area contributed by atoms with Gasteiger partial charge in [0.2, 0.25) is 0 Å². The summed E-state index contributed by atoms with van der Waals surface area (Å²) in [5, 5.41) is 11.8. The third kappa shape index (κ3) is 3.80. The average Bonchev–Trinajstić information content (AvgIpc) is 2.12. The number of likely N-dealkylation sites (tertiary alicyclic amines) is 1. The molecular weight excluding hydrogens is 192 g/mol. The molecule has 0 unspecified atom stereocenters. The monoisotopic (exact) mass is 214 g/mol. The summed E-state index contributed by atoms with van der Waals surface area (Å²) in [5.41, 5.74) is 0. The minimum absolute atomic E-state index is 0.442. The topological polar surface area (TPSA) is 52.6 Å². The first-order chi connectivity index (χ1) is 7.02. The van der Waals surface area contributed by atoms with E-state index in [1.54, 1.807) is 7.05 Å². The third-order valence-corrected chi connectivity index (χ3v) is 3.03. The second-order valence-corrected chi connectivity index (χ2v) is 4.84. The highest BCUT2D eigenvalue weighted by molar-refractivity contribution is 5.73. The Morgan fingerprint density at radius 1 is 1.47 bits per heavy atom. The van der Waals surface area contributed by atoms with Crippen LogP contribution >= 0.6 is 0 Å². The summed E-state index contributed by atoms with van der Waals surface area (Å²) in [7, 11) is 1.70. The molecule has 1 aliphatic rings. The van der Waals surface area contributed by atoms with E-state index in [1.807, 2.05) is 0 Å². The maximum atomic E-state index is 10.9. The third-order valence-electron chi connectivity index (χ3n) is 3.03. The Morgan fingerprint density at radius 3 is 2.40 bits per heavy atom. The van der Waals surface area contributed by atoms with Gasteiger partial charge in [-0.3, -0.25) is 4.79 Å². The van der Waals surface area contributed by atoms with Crippen molar-refractivity contribution in [3.05, 3.63) is 0 Å². The first-order valence-electron chi connectivity index (χ1n) is 5.65. The lowest BCUT2D eigenvalue weighted by Gasteiger charge is -2.36. The molecule has 3 atom stereocenters. The van der Waals surface area contributed by atoms with Crippen LogP contribution in [0.4, 0.5) is 0 Å². The molecule has 1 rings (SSSR count). The molecule has 15 heavy (non-hydrogen) atoms. The number of carboxylic acids is 1. The Bertz CT molecular complexity index is 211. The standard InChI is InChI=1S/C11H22N2O2/c1-8-4-9(2)6-13(5-8)7-10(12-3)11(14)15/h8-10,12H,4-7H2,1-3H3,(H,14,15)/t8-,9+,10-/m0/s1. The first-order valence-corrected chi connectivity index (χ1v) is 5.65. The minimum atomic E-state index is -0.761. The smallest absolute Gasteiger partial charge is 0.322 e. The normalized spacial score (nSPS) is 30.1. The lowest BCUT2D eigenvalue weighted by atomic mass is 9.91. The van der Waals surface area contributed by atoms with E-state index in [0.717, 1.165) is 13.1 Å². The zero-order valence-electron chi connectivity index (χ0n) is 9.86. The Labute approximate surface area is 91.6 Å². The molecule has 1 aliphatic heterocycles. The van der Waals surface area contributed by atoms with Gasteiger partial charge in [-0.2, -0.15) is 0 Å². The number of carboxylic acid groups (broad SMARTS) is 1. The molecule has 0 aliphatic carbocycles. The fraction of sp³-hybridized carbons (Fsp3) is 0.909. The van der Waals surface area contributed by atoms with Crippen LogP contribution in [0.1, 0.15) is 20.3 Å². The van der Waals surface area contributed by atoms with Crippen LogP contribution in [0, 0.1) is 11.8 Å². The van der Waals surface area contributed by atoms with Gasteiger partial charge in [0.25, 0.3) is 0 Å². The van der Waals surface area contributed by atoms with Gasteiger partial charge in [0.15, 0.2) is 0 Å². The molecule has 4 heteroatoms. The van der Waals surface area contributed by atoms with E-state index >= 15 is 0 Å². The molecule has 0 saturated carbocycles. The van der Waals surface area contributed by atoms with Crippen LogP contribution in [-0.4, -0.2) is 48.7 Å². The van der Waals surface area contributed by atoms with Crippen molar-refractivity contribution in [2.45, 2.75) is 26.3 Å². The van der Waals surface area contributed by atoms with Gasteiger partial charge in [0.1, 0.15) is 6.04 Å². The van der Waals surface area contributed by atoms with E-state index in [9.17, 15) is 4.79 Å². The summed E-state index contributed by atoms with van der Waals surface area (Å²) >= 11 is 0. The zero-order chi connectivity index (χ0) is 11.4. The van der Waals surface area contributed by atoms with Crippen LogP contribution in [0.15, 0.2) is 0 Å². The van der Waals surface area contributed by atoms with Crippen molar-refractivity contribution in [3.8, 4) is 0 Å². The summed E-state index contributed by atoms with van der Waals surface area (Å²) in [5.74, 6) is 0.600. The molecule has 0 aromatic heterocycles. The molecule has 1 heterocycles. The summed E-state index contributed by atoms with van der Waals surface area (Å²) < 4.78 is 0. The van der Waals surface area contributed by atoms with E-state index < -0.39 is 12.0 Å². The molecule has 2 N–H and O–H groups in total. The number of nitrogens with one attached hydrogen (secondary N) is 1. The maximum absolute atomic E-state index is 10.9. The van der Waals surface area contributed by atoms with Gasteiger partial charge in [0, 0.05) is 19.6 Å². The van der Waals surface area contributed by atoms with E-state index in [1.165, 1.54) is 6.42 Å². The van der Waals surface area contributed by atoms with Crippen LogP contribution in [0.3, 0.4) is 0 Å². The number of carbonyl (C=O) groups is 1. The Hall–Kier alpha value is -0.610. The number of rotatable bonds is 4. The van der Waals surface area contributed by atoms with E-state index in [0.29, 0.717) is 18.4 Å². The SMILES string of the molecule is CN[C@@H](CN1C[C@H](C)C[C@H](C)C1)C(=O)O. The fourth-order valence-electron chi connectivity index (χ4n) is 2.49. The van der Waals surface area contributed by atoms with Crippen LogP contribution in [0.2, 0.25) is 0 Å². The van der Waals surface area contributed by atoms with Crippen molar-refractivity contribution in [2.24, 2.45) is 11.8 Å². The van der Waals surface area contributed by atoms with Crippen molar-refractivity contribution in [3.63, 3.8) is 0 Å². The summed E-state index contributed by atoms with van der Waals surface area (Å²) in [6.07, 6.45) is 1.26. The van der Waals surface area contributed by atoms with Crippen LogP contribution < -0.4 is 5.32 Å². The van der Waals surface area contributed by atoms with Crippen molar-refractivity contribution >= 4 is 5.97 Å². The number of likely N-dealkylation sites (N-methyl/N-ethyl adjacent to an activating group) is 1. The lowest BCUT2D eigenvalue weighted by molar-refractivity contribution is -0.140. The van der Waals surface area contributed by atoms with Crippen LogP contribution in [0.5, 0.6) is 0 Å². The number of nitrogens with zero attached hydrogens (tertiary/aromatic N) is 1. The molecule has 0 spiro atoms. The molecule has 4 nitrogen and oxygen atoms in total. The highest BCUT2D eigenvalue weighted by Crippen LogP contribution is 2.20. The van der Waals surface area contributed by atoms with Crippen molar-refractivity contribution in [1.29, 1.82) is 0 Å². The van der Waals surface area contributed by atoms with E-state index in [-0.39, 0.29) is 0 Å². The second-order valence-electron chi connectivity index (χ2n) is 4.84. The summed E-state index contributed by atoms with van der Waals surface area (Å²) in [4.78, 5) is 13.1. The Balaban J connectivity index is 2.45. The largest absolute Gasteiger partial charge is 0.480 e. The number of hydrogen-bond acceptors (Lipinski definition) is 3. The maximum Gasteiger partial charge on any atom is 0.322 e. The molecule has 1 fully saturated rings. The zero-order valence-corrected chi connectivity index (χ0v) is 9.86. The molecule has 1 saturated heterocycles. The number of aliphatic carboxylic acids is 1. The molecular formula is C11H22N2O2. The predicted molar refractivity (Wildman–Crippen MR) is 59.9 cm³/mol. The van der Waals surface area contributed by atoms with Crippen LogP contribution in [-0.2, 0) is 4.79 Å². The van der Waals surface area contributed by atoms with Crippen molar-refractivity contribution in [1.82, 2.24) is 10.2 Å². The highest BCUT2D eigenvalue weighted by atomic mass is 16.4. The molecule has 0 aromatic rings. The molecule has 0 bridgehead atoms. The second kappa shape index (κ2) is 5.47. The van der Waals surface area contributed by atoms with Crippen LogP contribution in [0.25, 0.3) is 0 Å². The minimum Gasteiger partial charge on any atom is -0.480 e. The van der Waals surface area contributed by atoms with E-state index in [4.69, 9.17) is 5.11 Å². The van der Waals surface area contributed by atoms with Gasteiger partial charge < -0.3 is 15.3 Å². The lowest BCUT2D eigenvalue weighted by Crippen LogP contribution is -2.48. The van der Waals surface area contributed by atoms with Gasteiger partial charge in [-0.15, -0.1) is 0 Å². The number of hydrogen-bond donors (Lipinski definition) is 2. The highest BCUT2D eigenvalue weighted by Gasteiger charge is 2.25.